The molecule has 0 radical (unpaired) electrons. The number of nitrogens with one attached hydrogen (secondary N) is 1. The second-order valence-electron chi connectivity index (χ2n) is 5.35. The van der Waals surface area contributed by atoms with Crippen LogP contribution >= 0.6 is 23.1 Å². The quantitative estimate of drug-likeness (QED) is 0.763. The first-order valence-electron chi connectivity index (χ1n) is 6.97. The molecular formula is C16H22N2S2. The Bertz CT molecular complexity index is 535. The summed E-state index contributed by atoms with van der Waals surface area (Å²) in [5.74, 6) is 1.65. The Morgan fingerprint density at radius 3 is 2.95 bits per heavy atom. The van der Waals surface area contributed by atoms with Crippen molar-refractivity contribution in [3.63, 3.8) is 0 Å². The molecule has 0 aliphatic heterocycles. The van der Waals surface area contributed by atoms with Gasteiger partial charge in [0, 0.05) is 22.5 Å². The summed E-state index contributed by atoms with van der Waals surface area (Å²) in [6, 6.07) is 8.63. The lowest BCUT2D eigenvalue weighted by Gasteiger charge is -2.04. The molecule has 0 bridgehead atoms. The zero-order chi connectivity index (χ0) is 14.4. The van der Waals surface area contributed by atoms with Crippen molar-refractivity contribution in [2.45, 2.75) is 38.0 Å². The molecule has 0 saturated carbocycles. The third-order valence-corrected chi connectivity index (χ3v) is 4.99. The molecule has 2 nitrogen and oxygen atoms in total. The van der Waals surface area contributed by atoms with Gasteiger partial charge in [0.2, 0.25) is 0 Å². The minimum Gasteiger partial charge on any atom is -0.312 e. The van der Waals surface area contributed by atoms with Gasteiger partial charge in [-0.05, 0) is 31.5 Å². The molecular weight excluding hydrogens is 284 g/mol. The second-order valence-corrected chi connectivity index (χ2v) is 7.60. The van der Waals surface area contributed by atoms with Crippen LogP contribution < -0.4 is 5.32 Å². The van der Waals surface area contributed by atoms with E-state index in [0.717, 1.165) is 18.8 Å². The van der Waals surface area contributed by atoms with Crippen LogP contribution in [0.1, 0.15) is 29.3 Å². The van der Waals surface area contributed by atoms with E-state index in [2.05, 4.69) is 55.3 Å². The van der Waals surface area contributed by atoms with Crippen LogP contribution in [0.2, 0.25) is 0 Å². The van der Waals surface area contributed by atoms with Gasteiger partial charge < -0.3 is 5.32 Å². The highest BCUT2D eigenvalue weighted by Crippen LogP contribution is 2.25. The van der Waals surface area contributed by atoms with Gasteiger partial charge >= 0.3 is 0 Å². The van der Waals surface area contributed by atoms with E-state index in [1.54, 1.807) is 0 Å². The Balaban J connectivity index is 1.80. The molecule has 1 aromatic heterocycles. The maximum atomic E-state index is 4.51. The molecule has 2 rings (SSSR count). The van der Waals surface area contributed by atoms with E-state index in [1.807, 2.05) is 29.3 Å². The van der Waals surface area contributed by atoms with Gasteiger partial charge in [-0.1, -0.05) is 31.5 Å². The van der Waals surface area contributed by atoms with E-state index < -0.39 is 0 Å². The third kappa shape index (κ3) is 5.27. The molecule has 0 aliphatic rings. The Hall–Kier alpha value is -0.840. The number of benzene rings is 1. The first kappa shape index (κ1) is 15.5. The minimum absolute atomic E-state index is 0.694. The summed E-state index contributed by atoms with van der Waals surface area (Å²) >= 11 is 3.67. The lowest BCUT2D eigenvalue weighted by molar-refractivity contribution is 0.554. The molecule has 0 unspecified atom stereocenters. The fraction of sp³-hybridized carbons (Fsp3) is 0.438. The van der Waals surface area contributed by atoms with Crippen LogP contribution in [0.25, 0.3) is 0 Å². The highest BCUT2D eigenvalue weighted by molar-refractivity contribution is 7.98. The number of thiazole rings is 1. The van der Waals surface area contributed by atoms with Crippen LogP contribution in [0.4, 0.5) is 0 Å². The summed E-state index contributed by atoms with van der Waals surface area (Å²) in [5, 5.41) is 4.67. The SMILES string of the molecule is Cc1cccc(SCc2ncc(CNCC(C)C)s2)c1. The molecule has 2 aromatic rings. The van der Waals surface area contributed by atoms with E-state index >= 15 is 0 Å². The van der Waals surface area contributed by atoms with Crippen molar-refractivity contribution in [3.05, 3.63) is 45.9 Å². The zero-order valence-corrected chi connectivity index (χ0v) is 14.0. The van der Waals surface area contributed by atoms with Crippen LogP contribution in [0, 0.1) is 12.8 Å². The average molecular weight is 307 g/mol. The summed E-state index contributed by atoms with van der Waals surface area (Å²) in [6.45, 7) is 8.58. The highest BCUT2D eigenvalue weighted by atomic mass is 32.2. The summed E-state index contributed by atoms with van der Waals surface area (Å²) in [7, 11) is 0. The summed E-state index contributed by atoms with van der Waals surface area (Å²) in [4.78, 5) is 7.15. The van der Waals surface area contributed by atoms with Crippen molar-refractivity contribution in [1.82, 2.24) is 10.3 Å². The molecule has 0 spiro atoms. The molecule has 1 heterocycles. The van der Waals surface area contributed by atoms with Gasteiger partial charge in [-0.2, -0.15) is 0 Å². The van der Waals surface area contributed by atoms with Gasteiger partial charge in [0.25, 0.3) is 0 Å². The first-order chi connectivity index (χ1) is 9.63. The molecule has 1 N–H and O–H groups in total. The van der Waals surface area contributed by atoms with Crippen molar-refractivity contribution in [1.29, 1.82) is 0 Å². The number of hydrogen-bond donors (Lipinski definition) is 1. The molecule has 0 aliphatic carbocycles. The maximum Gasteiger partial charge on any atom is 0.103 e. The summed E-state index contributed by atoms with van der Waals surface area (Å²) < 4.78 is 0. The van der Waals surface area contributed by atoms with Crippen molar-refractivity contribution in [2.75, 3.05) is 6.54 Å². The predicted molar refractivity (Wildman–Crippen MR) is 89.4 cm³/mol. The Labute approximate surface area is 130 Å². The second kappa shape index (κ2) is 7.81. The summed E-state index contributed by atoms with van der Waals surface area (Å²) in [6.07, 6.45) is 2.00. The normalized spacial score (nSPS) is 11.2. The average Bonchev–Trinajstić information content (AvgIpc) is 2.84. The van der Waals surface area contributed by atoms with Gasteiger partial charge in [-0.15, -0.1) is 23.1 Å². The predicted octanol–water partition coefficient (Wildman–Crippen LogP) is 4.49. The third-order valence-electron chi connectivity index (χ3n) is 2.81. The zero-order valence-electron chi connectivity index (χ0n) is 12.3. The lowest BCUT2D eigenvalue weighted by atomic mass is 10.2. The number of nitrogens with zero attached hydrogens (tertiary/aromatic N) is 1. The van der Waals surface area contributed by atoms with Crippen LogP contribution in [0.3, 0.4) is 0 Å². The number of thioether (sulfide) groups is 1. The molecule has 0 amide bonds. The Kier molecular flexibility index (Phi) is 6.07. The fourth-order valence-corrected chi connectivity index (χ4v) is 3.74. The van der Waals surface area contributed by atoms with Gasteiger partial charge in [0.1, 0.15) is 5.01 Å². The summed E-state index contributed by atoms with van der Waals surface area (Å²) in [5.41, 5.74) is 1.31. The van der Waals surface area contributed by atoms with Crippen LogP contribution in [-0.4, -0.2) is 11.5 Å². The topological polar surface area (TPSA) is 24.9 Å². The maximum absolute atomic E-state index is 4.51. The van der Waals surface area contributed by atoms with Crippen LogP contribution in [0.15, 0.2) is 35.4 Å². The van der Waals surface area contributed by atoms with E-state index in [1.165, 1.54) is 20.3 Å². The number of aromatic nitrogens is 1. The number of aryl methyl sites for hydroxylation is 1. The molecule has 20 heavy (non-hydrogen) atoms. The van der Waals surface area contributed by atoms with Gasteiger partial charge in [0.05, 0.1) is 5.75 Å². The standard InChI is InChI=1S/C16H22N2S2/c1-12(2)8-17-9-15-10-18-16(20-15)11-19-14-6-4-5-13(3)7-14/h4-7,10,12,17H,8-9,11H2,1-3H3. The minimum atomic E-state index is 0.694. The van der Waals surface area contributed by atoms with E-state index in [9.17, 15) is 0 Å². The Morgan fingerprint density at radius 1 is 1.35 bits per heavy atom. The van der Waals surface area contributed by atoms with Crippen LogP contribution in [-0.2, 0) is 12.3 Å². The van der Waals surface area contributed by atoms with Gasteiger partial charge in [-0.25, -0.2) is 4.98 Å². The van der Waals surface area contributed by atoms with E-state index in [0.29, 0.717) is 5.92 Å². The van der Waals surface area contributed by atoms with Crippen molar-refractivity contribution in [3.8, 4) is 0 Å². The number of rotatable bonds is 7. The Morgan fingerprint density at radius 2 is 2.20 bits per heavy atom. The van der Waals surface area contributed by atoms with Crippen molar-refractivity contribution in [2.24, 2.45) is 5.92 Å². The van der Waals surface area contributed by atoms with Gasteiger partial charge in [0.15, 0.2) is 0 Å². The lowest BCUT2D eigenvalue weighted by Crippen LogP contribution is -2.18. The van der Waals surface area contributed by atoms with E-state index in [4.69, 9.17) is 0 Å². The number of hydrogen-bond acceptors (Lipinski definition) is 4. The molecule has 0 atom stereocenters. The smallest absolute Gasteiger partial charge is 0.103 e. The van der Waals surface area contributed by atoms with Crippen molar-refractivity contribution >= 4 is 23.1 Å². The largest absolute Gasteiger partial charge is 0.312 e. The van der Waals surface area contributed by atoms with Crippen molar-refractivity contribution < 1.29 is 0 Å². The monoisotopic (exact) mass is 306 g/mol. The molecule has 0 fully saturated rings. The highest BCUT2D eigenvalue weighted by Gasteiger charge is 2.03. The van der Waals surface area contributed by atoms with Crippen LogP contribution in [0.5, 0.6) is 0 Å². The first-order valence-corrected chi connectivity index (χ1v) is 8.77. The molecule has 1 aromatic carbocycles. The van der Waals surface area contributed by atoms with Gasteiger partial charge in [-0.3, -0.25) is 0 Å². The van der Waals surface area contributed by atoms with E-state index in [-0.39, 0.29) is 0 Å². The molecule has 4 heteroatoms. The fourth-order valence-electron chi connectivity index (χ4n) is 1.83. The molecule has 108 valence electrons. The molecule has 0 saturated heterocycles.